The van der Waals surface area contributed by atoms with Gasteiger partial charge in [-0.05, 0) is 29.3 Å². The van der Waals surface area contributed by atoms with E-state index in [2.05, 4.69) is 97.1 Å². The van der Waals surface area contributed by atoms with Crippen molar-refractivity contribution in [3.05, 3.63) is 176 Å². The first-order valence-electron chi connectivity index (χ1n) is 18.4. The zero-order valence-electron chi connectivity index (χ0n) is 29.8. The monoisotopic (exact) mass is 735 g/mol. The summed E-state index contributed by atoms with van der Waals surface area (Å²) in [5.74, 6) is 2.37. The molecule has 0 N–H and O–H groups in total. The predicted octanol–water partition coefficient (Wildman–Crippen LogP) is 12.9. The predicted molar refractivity (Wildman–Crippen MR) is 228 cm³/mol. The van der Waals surface area contributed by atoms with Gasteiger partial charge in [0.15, 0.2) is 23.3 Å². The first kappa shape index (κ1) is 32.1. The molecule has 0 radical (unpaired) electrons. The second kappa shape index (κ2) is 13.2. The van der Waals surface area contributed by atoms with Crippen LogP contribution in [0.1, 0.15) is 0 Å². The highest BCUT2D eigenvalue weighted by Gasteiger charge is 2.22. The van der Waals surface area contributed by atoms with Gasteiger partial charge in [-0.2, -0.15) is 0 Å². The van der Waals surface area contributed by atoms with E-state index in [0.29, 0.717) is 28.9 Å². The van der Waals surface area contributed by atoms with Crippen molar-refractivity contribution in [3.8, 4) is 67.9 Å². The number of para-hydroxylation sites is 1. The molecule has 7 heteroatoms. The topological polar surface area (TPSA) is 77.6 Å². The highest BCUT2D eigenvalue weighted by atomic mass is 32.1. The molecule has 0 fully saturated rings. The van der Waals surface area contributed by atoms with Crippen LogP contribution in [-0.4, -0.2) is 24.9 Å². The highest BCUT2D eigenvalue weighted by molar-refractivity contribution is 7.26. The van der Waals surface area contributed by atoms with E-state index in [1.165, 1.54) is 4.70 Å². The molecule has 0 unspecified atom stereocenters. The molecule has 262 valence electrons. The highest BCUT2D eigenvalue weighted by Crippen LogP contribution is 2.43. The van der Waals surface area contributed by atoms with Gasteiger partial charge in [0.1, 0.15) is 11.2 Å². The molecular formula is C49H29N5OS. The van der Waals surface area contributed by atoms with Crippen LogP contribution in [0.15, 0.2) is 180 Å². The number of benzene rings is 7. The number of hydrogen-bond acceptors (Lipinski definition) is 7. The lowest BCUT2D eigenvalue weighted by Gasteiger charge is -2.10. The van der Waals surface area contributed by atoms with Gasteiger partial charge in [-0.1, -0.05) is 158 Å². The van der Waals surface area contributed by atoms with E-state index in [9.17, 15) is 0 Å². The van der Waals surface area contributed by atoms with Crippen LogP contribution < -0.4 is 0 Å². The van der Waals surface area contributed by atoms with Crippen molar-refractivity contribution >= 4 is 53.6 Å². The number of fused-ring (bicyclic) bond motifs is 6. The van der Waals surface area contributed by atoms with Crippen LogP contribution in [0.3, 0.4) is 0 Å². The normalized spacial score (nSPS) is 11.6. The second-order valence-corrected chi connectivity index (χ2v) is 14.7. The number of hydrogen-bond donors (Lipinski definition) is 0. The average molecular weight is 736 g/mol. The molecule has 56 heavy (non-hydrogen) atoms. The van der Waals surface area contributed by atoms with Crippen molar-refractivity contribution < 1.29 is 4.42 Å². The fourth-order valence-corrected chi connectivity index (χ4v) is 8.65. The summed E-state index contributed by atoms with van der Waals surface area (Å²) in [7, 11) is 0. The maximum Gasteiger partial charge on any atom is 0.164 e. The van der Waals surface area contributed by atoms with E-state index in [4.69, 9.17) is 29.3 Å². The molecule has 0 aliphatic rings. The number of furan rings is 1. The van der Waals surface area contributed by atoms with Gasteiger partial charge < -0.3 is 4.42 Å². The van der Waals surface area contributed by atoms with Crippen LogP contribution in [0.25, 0.3) is 110 Å². The van der Waals surface area contributed by atoms with E-state index >= 15 is 0 Å². The SMILES string of the molecule is c1ccc(-c2ccc(-c3nc(-c4ccccc4)nc(-c4cccc5oc6c(-c7nc(-c8ccccc8)c8sc9ccccc9c8n7)cccc6c45)n3)cc2)cc1. The van der Waals surface area contributed by atoms with E-state index in [0.717, 1.165) is 76.6 Å². The van der Waals surface area contributed by atoms with Crippen molar-refractivity contribution in [2.24, 2.45) is 0 Å². The van der Waals surface area contributed by atoms with E-state index < -0.39 is 0 Å². The molecule has 4 aromatic heterocycles. The van der Waals surface area contributed by atoms with Crippen molar-refractivity contribution in [2.45, 2.75) is 0 Å². The maximum atomic E-state index is 6.76. The summed E-state index contributed by atoms with van der Waals surface area (Å²) in [5.41, 5.74) is 10.1. The molecule has 0 aliphatic carbocycles. The van der Waals surface area contributed by atoms with Crippen LogP contribution in [-0.2, 0) is 0 Å². The summed E-state index contributed by atoms with van der Waals surface area (Å²) < 4.78 is 9.01. The quantitative estimate of drug-likeness (QED) is 0.169. The van der Waals surface area contributed by atoms with Gasteiger partial charge in [0.2, 0.25) is 0 Å². The molecule has 11 aromatic rings. The van der Waals surface area contributed by atoms with Crippen molar-refractivity contribution in [2.75, 3.05) is 0 Å². The van der Waals surface area contributed by atoms with Gasteiger partial charge >= 0.3 is 0 Å². The third-order valence-corrected chi connectivity index (χ3v) is 11.4. The summed E-state index contributed by atoms with van der Waals surface area (Å²) in [6.07, 6.45) is 0. The smallest absolute Gasteiger partial charge is 0.164 e. The molecule has 0 saturated carbocycles. The lowest BCUT2D eigenvalue weighted by Crippen LogP contribution is -2.00. The molecule has 0 saturated heterocycles. The summed E-state index contributed by atoms with van der Waals surface area (Å²) in [6.45, 7) is 0. The van der Waals surface area contributed by atoms with Crippen molar-refractivity contribution in [1.29, 1.82) is 0 Å². The Bertz CT molecular complexity index is 3230. The lowest BCUT2D eigenvalue weighted by atomic mass is 10.0. The van der Waals surface area contributed by atoms with E-state index in [-0.39, 0.29) is 0 Å². The van der Waals surface area contributed by atoms with Crippen molar-refractivity contribution in [1.82, 2.24) is 24.9 Å². The Morgan fingerprint density at radius 1 is 0.375 bits per heavy atom. The van der Waals surface area contributed by atoms with Gasteiger partial charge in [0.05, 0.1) is 21.5 Å². The molecule has 6 nitrogen and oxygen atoms in total. The largest absolute Gasteiger partial charge is 0.455 e. The number of aromatic nitrogens is 5. The maximum absolute atomic E-state index is 6.76. The van der Waals surface area contributed by atoms with Gasteiger partial charge in [-0.3, -0.25) is 0 Å². The average Bonchev–Trinajstić information content (AvgIpc) is 3.86. The van der Waals surface area contributed by atoms with Gasteiger partial charge in [-0.15, -0.1) is 11.3 Å². The van der Waals surface area contributed by atoms with Crippen LogP contribution in [0.2, 0.25) is 0 Å². The summed E-state index contributed by atoms with van der Waals surface area (Å²) in [6, 6.07) is 59.8. The zero-order chi connectivity index (χ0) is 37.0. The Balaban J connectivity index is 1.10. The first-order valence-corrected chi connectivity index (χ1v) is 19.2. The van der Waals surface area contributed by atoms with E-state index in [1.54, 1.807) is 11.3 Å². The molecule has 0 bridgehead atoms. The zero-order valence-corrected chi connectivity index (χ0v) is 30.6. The Morgan fingerprint density at radius 2 is 0.911 bits per heavy atom. The third-order valence-electron chi connectivity index (χ3n) is 10.2. The van der Waals surface area contributed by atoms with Gasteiger partial charge in [0, 0.05) is 43.1 Å². The molecule has 7 aromatic carbocycles. The molecule has 4 heterocycles. The summed E-state index contributed by atoms with van der Waals surface area (Å²) in [5, 5.41) is 2.97. The number of nitrogens with zero attached hydrogens (tertiary/aromatic N) is 5. The minimum Gasteiger partial charge on any atom is -0.455 e. The van der Waals surface area contributed by atoms with Crippen molar-refractivity contribution in [3.63, 3.8) is 0 Å². The van der Waals surface area contributed by atoms with Gasteiger partial charge in [-0.25, -0.2) is 24.9 Å². The van der Waals surface area contributed by atoms with Crippen LogP contribution in [0, 0.1) is 0 Å². The molecule has 0 amide bonds. The van der Waals surface area contributed by atoms with Crippen LogP contribution >= 0.6 is 11.3 Å². The minimum atomic E-state index is 0.563. The van der Waals surface area contributed by atoms with Crippen LogP contribution in [0.4, 0.5) is 0 Å². The third kappa shape index (κ3) is 5.44. The molecule has 0 aliphatic heterocycles. The Kier molecular flexibility index (Phi) is 7.57. The van der Waals surface area contributed by atoms with Gasteiger partial charge in [0.25, 0.3) is 0 Å². The Hall–Kier alpha value is -7.35. The Morgan fingerprint density at radius 3 is 1.66 bits per heavy atom. The fraction of sp³-hybridized carbons (Fsp3) is 0. The second-order valence-electron chi connectivity index (χ2n) is 13.6. The first-order chi connectivity index (χ1) is 27.7. The van der Waals surface area contributed by atoms with E-state index in [1.807, 2.05) is 78.9 Å². The summed E-state index contributed by atoms with van der Waals surface area (Å²) in [4.78, 5) is 25.7. The molecule has 0 spiro atoms. The lowest BCUT2D eigenvalue weighted by molar-refractivity contribution is 0.669. The standard InChI is InChI=1S/C49H29N5OS/c1-4-14-30(15-5-1)31-26-28-34(29-27-31)47-52-46(33-18-8-3-9-19-33)53-48(54-47)37-22-13-24-39-41(37)36-21-12-23-38(44(36)55-39)49-50-42(32-16-6-2-7-17-32)45-43(51-49)35-20-10-11-25-40(35)56-45/h1-29H. The fourth-order valence-electron chi connectivity index (χ4n) is 7.50. The summed E-state index contributed by atoms with van der Waals surface area (Å²) >= 11 is 1.73. The molecular weight excluding hydrogens is 707 g/mol. The molecule has 11 rings (SSSR count). The minimum absolute atomic E-state index is 0.563. The molecule has 0 atom stereocenters. The van der Waals surface area contributed by atoms with Crippen LogP contribution in [0.5, 0.6) is 0 Å². The number of thiophene rings is 1. The number of rotatable bonds is 6. The Labute approximate surface area is 325 Å².